The molecule has 0 aromatic heterocycles. The number of likely N-dealkylation sites (N-methyl/N-ethyl adjacent to an activating group) is 4. The van der Waals surface area contributed by atoms with Gasteiger partial charge < -0.3 is 19.6 Å². The smallest absolute Gasteiger partial charge is 0.146 e. The van der Waals surface area contributed by atoms with Gasteiger partial charge >= 0.3 is 0 Å². The summed E-state index contributed by atoms with van der Waals surface area (Å²) in [7, 11) is 0. The van der Waals surface area contributed by atoms with E-state index in [1.165, 1.54) is 47.0 Å². The van der Waals surface area contributed by atoms with Gasteiger partial charge in [-0.3, -0.25) is 0 Å². The molecule has 4 rings (SSSR count). The maximum absolute atomic E-state index is 5.47. The molecule has 36 heavy (non-hydrogen) atoms. The second-order valence-corrected chi connectivity index (χ2v) is 15.1. The zero-order valence-corrected chi connectivity index (χ0v) is 29.3. The van der Waals surface area contributed by atoms with Crippen molar-refractivity contribution in [1.82, 2.24) is 19.6 Å². The van der Waals surface area contributed by atoms with Crippen molar-refractivity contribution in [2.45, 2.75) is 27.7 Å². The summed E-state index contributed by atoms with van der Waals surface area (Å²) in [5.74, 6) is 0. The van der Waals surface area contributed by atoms with Gasteiger partial charge in [0.15, 0.2) is 0 Å². The third-order valence-corrected chi connectivity index (χ3v) is 13.4. The minimum absolute atomic E-state index is 0.776. The molecule has 4 aliphatic rings. The summed E-state index contributed by atoms with van der Waals surface area (Å²) < 4.78 is 3.20. The Hall–Kier alpha value is 0.800. The fourth-order valence-corrected chi connectivity index (χ4v) is 11.7. The number of hydrogen-bond donors (Lipinski definition) is 0. The first kappa shape index (κ1) is 31.3. The van der Waals surface area contributed by atoms with Crippen LogP contribution in [0.5, 0.6) is 0 Å². The molecule has 0 aromatic carbocycles. The lowest BCUT2D eigenvalue weighted by Gasteiger charge is -2.14. The Labute approximate surface area is 272 Å². The monoisotopic (exact) mass is 700 g/mol. The highest BCUT2D eigenvalue weighted by molar-refractivity contribution is 8.31. The minimum atomic E-state index is 0.776. The molecule has 0 spiro atoms. The molecule has 0 amide bonds. The number of rotatable bonds is 4. The van der Waals surface area contributed by atoms with Gasteiger partial charge in [-0.2, -0.15) is 0 Å². The van der Waals surface area contributed by atoms with Gasteiger partial charge in [-0.25, -0.2) is 0 Å². The third kappa shape index (κ3) is 6.09. The molecule has 0 aromatic rings. The molecule has 4 fully saturated rings. The van der Waals surface area contributed by atoms with Gasteiger partial charge in [0.05, 0.1) is 19.6 Å². The first-order valence-corrected chi connectivity index (χ1v) is 17.2. The van der Waals surface area contributed by atoms with Gasteiger partial charge in [-0.15, -0.1) is 0 Å². The SMILES string of the molecule is CCN1C(=S)S/C(=C2/SC(=S)N(CC)C2=S)C1=S.CCN1C(=S)S/C(=C2/SC(=S)N(CC)C2=S)C1=S. The lowest BCUT2D eigenvalue weighted by Crippen LogP contribution is -2.27. The van der Waals surface area contributed by atoms with E-state index in [1.54, 1.807) is 0 Å². The molecule has 4 nitrogen and oxygen atoms in total. The predicted octanol–water partition coefficient (Wildman–Crippen LogP) is 7.12. The van der Waals surface area contributed by atoms with Crippen LogP contribution in [0.15, 0.2) is 19.6 Å². The summed E-state index contributed by atoms with van der Waals surface area (Å²) in [4.78, 5) is 14.9. The largest absolute Gasteiger partial charge is 0.317 e. The molecule has 16 heteroatoms. The van der Waals surface area contributed by atoms with Crippen LogP contribution in [-0.4, -0.2) is 83.0 Å². The molecule has 0 atom stereocenters. The van der Waals surface area contributed by atoms with Crippen LogP contribution in [0.2, 0.25) is 0 Å². The number of thioether (sulfide) groups is 4. The molecule has 0 bridgehead atoms. The summed E-state index contributed by atoms with van der Waals surface area (Å²) in [5.41, 5.74) is 0. The van der Waals surface area contributed by atoms with Gasteiger partial charge in [0.25, 0.3) is 0 Å². The summed E-state index contributed by atoms with van der Waals surface area (Å²) >= 11 is 49.3. The van der Waals surface area contributed by atoms with E-state index >= 15 is 0 Å². The van der Waals surface area contributed by atoms with Crippen molar-refractivity contribution in [2.24, 2.45) is 0 Å². The molecular weight excluding hydrogens is 681 g/mol. The molecule has 0 aliphatic carbocycles. The van der Waals surface area contributed by atoms with Gasteiger partial charge in [-0.05, 0) is 27.7 Å². The Bertz CT molecular complexity index is 991. The van der Waals surface area contributed by atoms with Crippen molar-refractivity contribution in [1.29, 1.82) is 0 Å². The molecule has 4 heterocycles. The van der Waals surface area contributed by atoms with Crippen LogP contribution in [0, 0.1) is 0 Å². The summed E-state index contributed by atoms with van der Waals surface area (Å²) in [5, 5.41) is 0. The molecule has 0 saturated carbocycles. The molecular formula is C20H20N4S12. The van der Waals surface area contributed by atoms with Crippen LogP contribution >= 0.6 is 145 Å². The van der Waals surface area contributed by atoms with Gasteiger partial charge in [0.2, 0.25) is 0 Å². The summed E-state index contributed by atoms with van der Waals surface area (Å²) in [6.07, 6.45) is 0. The van der Waals surface area contributed by atoms with E-state index in [-0.39, 0.29) is 0 Å². The summed E-state index contributed by atoms with van der Waals surface area (Å²) in [6.45, 7) is 11.3. The molecule has 4 saturated heterocycles. The molecule has 0 radical (unpaired) electrons. The maximum atomic E-state index is 5.47. The van der Waals surface area contributed by atoms with Crippen LogP contribution in [0.25, 0.3) is 0 Å². The first-order chi connectivity index (χ1) is 17.0. The predicted molar refractivity (Wildman–Crippen MR) is 195 cm³/mol. The van der Waals surface area contributed by atoms with Crippen LogP contribution in [-0.2, 0) is 0 Å². The zero-order chi connectivity index (χ0) is 26.9. The van der Waals surface area contributed by atoms with Crippen molar-refractivity contribution in [3.05, 3.63) is 19.6 Å². The number of nitrogens with zero attached hydrogens (tertiary/aromatic N) is 4. The standard InChI is InChI=1S/2C10H10N2S6/c2*1-3-11-7(13)5(17-9(11)15)6-8(14)12(4-2)10(16)18-6/h2*3-4H2,1-2H3/b2*6-5+. The van der Waals surface area contributed by atoms with Crippen molar-refractivity contribution in [3.63, 3.8) is 0 Å². The lowest BCUT2D eigenvalue weighted by molar-refractivity contribution is 0.682. The second kappa shape index (κ2) is 13.4. The topological polar surface area (TPSA) is 13.0 Å². The lowest BCUT2D eigenvalue weighted by atomic mass is 10.4. The fourth-order valence-electron chi connectivity index (χ4n) is 3.23. The van der Waals surface area contributed by atoms with Gasteiger partial charge in [-0.1, -0.05) is 145 Å². The van der Waals surface area contributed by atoms with Crippen LogP contribution < -0.4 is 0 Å². The maximum Gasteiger partial charge on any atom is 0.146 e. The number of hydrogen-bond acceptors (Lipinski definition) is 12. The molecule has 4 aliphatic heterocycles. The van der Waals surface area contributed by atoms with E-state index in [0.29, 0.717) is 0 Å². The Balaban J connectivity index is 0.000000201. The van der Waals surface area contributed by atoms with E-state index in [0.717, 1.165) is 83.0 Å². The molecule has 0 N–H and O–H groups in total. The van der Waals surface area contributed by atoms with Crippen molar-refractivity contribution in [3.8, 4) is 0 Å². The van der Waals surface area contributed by atoms with Crippen molar-refractivity contribution in [2.75, 3.05) is 26.2 Å². The Morgan fingerprint density at radius 2 is 0.556 bits per heavy atom. The van der Waals surface area contributed by atoms with E-state index < -0.39 is 0 Å². The van der Waals surface area contributed by atoms with Crippen molar-refractivity contribution < 1.29 is 0 Å². The average Bonchev–Trinajstić information content (AvgIpc) is 3.49. The average molecular weight is 701 g/mol. The highest BCUT2D eigenvalue weighted by atomic mass is 32.2. The second-order valence-electron chi connectivity index (χ2n) is 6.99. The van der Waals surface area contributed by atoms with Crippen LogP contribution in [0.1, 0.15) is 27.7 Å². The van der Waals surface area contributed by atoms with Crippen molar-refractivity contribution >= 4 is 182 Å². The quantitative estimate of drug-likeness (QED) is 0.218. The van der Waals surface area contributed by atoms with E-state index in [9.17, 15) is 0 Å². The van der Waals surface area contributed by atoms with E-state index in [2.05, 4.69) is 0 Å². The van der Waals surface area contributed by atoms with E-state index in [1.807, 2.05) is 47.3 Å². The van der Waals surface area contributed by atoms with Gasteiger partial charge in [0, 0.05) is 26.2 Å². The Morgan fingerprint density at radius 1 is 0.389 bits per heavy atom. The third-order valence-electron chi connectivity index (χ3n) is 5.07. The fraction of sp³-hybridized carbons (Fsp3) is 0.400. The zero-order valence-electron chi connectivity index (χ0n) is 19.5. The summed E-state index contributed by atoms with van der Waals surface area (Å²) in [6, 6.07) is 0. The number of thiocarbonyl (C=S) groups is 8. The Morgan fingerprint density at radius 3 is 0.667 bits per heavy atom. The molecule has 192 valence electrons. The van der Waals surface area contributed by atoms with Gasteiger partial charge in [0.1, 0.15) is 37.2 Å². The minimum Gasteiger partial charge on any atom is -0.317 e. The van der Waals surface area contributed by atoms with Crippen LogP contribution in [0.4, 0.5) is 0 Å². The highest BCUT2D eigenvalue weighted by Crippen LogP contribution is 2.44. The normalized spacial score (nSPS) is 24.8. The molecule has 0 unspecified atom stereocenters. The Kier molecular flexibility index (Phi) is 11.7. The van der Waals surface area contributed by atoms with E-state index in [4.69, 9.17) is 97.7 Å². The first-order valence-electron chi connectivity index (χ1n) is 10.6. The highest BCUT2D eigenvalue weighted by Gasteiger charge is 2.38. The van der Waals surface area contributed by atoms with Crippen LogP contribution in [0.3, 0.4) is 0 Å².